The molecule has 0 bridgehead atoms. The Morgan fingerprint density at radius 3 is 2.56 bits per heavy atom. The maximum Gasteiger partial charge on any atom is 0.438 e. The third-order valence-electron chi connectivity index (χ3n) is 4.13. The zero-order valence-corrected chi connectivity index (χ0v) is 17.5. The normalized spacial score (nSPS) is 10.4. The summed E-state index contributed by atoms with van der Waals surface area (Å²) < 4.78 is 17.1. The summed E-state index contributed by atoms with van der Waals surface area (Å²) in [5.41, 5.74) is 3.14. The summed E-state index contributed by atoms with van der Waals surface area (Å²) in [6, 6.07) is 9.04. The van der Waals surface area contributed by atoms with Gasteiger partial charge in [0.2, 0.25) is 0 Å². The molecule has 0 radical (unpaired) electrons. The van der Waals surface area contributed by atoms with Crippen molar-refractivity contribution in [2.75, 3.05) is 18.8 Å². The molecule has 0 atom stereocenters. The van der Waals surface area contributed by atoms with Crippen LogP contribution in [0.1, 0.15) is 30.5 Å². The first-order valence-corrected chi connectivity index (χ1v) is 9.45. The van der Waals surface area contributed by atoms with Crippen LogP contribution in [0.25, 0.3) is 0 Å². The van der Waals surface area contributed by atoms with Crippen LogP contribution in [0.5, 0.6) is 11.5 Å². The summed E-state index contributed by atoms with van der Waals surface area (Å²) in [6.45, 7) is 6.53. The molecule has 6 nitrogen and oxygen atoms in total. The molecule has 1 N–H and O–H groups in total. The second-order valence-electron chi connectivity index (χ2n) is 5.82. The molecule has 27 heavy (non-hydrogen) atoms. The molecule has 146 valence electrons. The van der Waals surface area contributed by atoms with Crippen molar-refractivity contribution in [2.24, 2.45) is 0 Å². The van der Waals surface area contributed by atoms with Gasteiger partial charge in [-0.25, -0.2) is 4.79 Å². The molecule has 2 aromatic carbocycles. The number of hydrogen-bond donors (Lipinski definition) is 1. The van der Waals surface area contributed by atoms with Gasteiger partial charge in [-0.05, 0) is 71.6 Å². The Balaban J connectivity index is 2.36. The van der Waals surface area contributed by atoms with Gasteiger partial charge in [0.25, 0.3) is 0 Å². The van der Waals surface area contributed by atoms with Crippen molar-refractivity contribution in [3.05, 3.63) is 51.5 Å². The molecule has 1 amide bonds. The van der Waals surface area contributed by atoms with Gasteiger partial charge < -0.3 is 14.2 Å². The van der Waals surface area contributed by atoms with Crippen molar-refractivity contribution in [1.82, 2.24) is 0 Å². The van der Waals surface area contributed by atoms with Crippen molar-refractivity contribution in [2.45, 2.75) is 33.8 Å². The summed E-state index contributed by atoms with van der Waals surface area (Å²) in [7, 11) is 1.20. The molecule has 0 unspecified atom stereocenters. The van der Waals surface area contributed by atoms with Gasteiger partial charge >= 0.3 is 6.09 Å². The minimum atomic E-state index is -0.894. The number of ether oxygens (including phenoxy) is 3. The van der Waals surface area contributed by atoms with Crippen LogP contribution in [-0.2, 0) is 17.8 Å². The third-order valence-corrected chi connectivity index (χ3v) is 4.75. The van der Waals surface area contributed by atoms with Crippen LogP contribution < -0.4 is 14.5 Å². The summed E-state index contributed by atoms with van der Waals surface area (Å²) in [4.78, 5) is 11.7. The predicted molar refractivity (Wildman–Crippen MR) is 107 cm³/mol. The van der Waals surface area contributed by atoms with E-state index in [4.69, 9.17) is 9.47 Å². The number of amides is 1. The maximum absolute atomic E-state index is 11.7. The Labute approximate surface area is 167 Å². The zero-order chi connectivity index (χ0) is 20.0. The molecule has 0 aliphatic carbocycles. The monoisotopic (exact) mass is 437 g/mol. The lowest BCUT2D eigenvalue weighted by Crippen LogP contribution is -2.28. The van der Waals surface area contributed by atoms with Crippen LogP contribution in [0.4, 0.5) is 10.5 Å². The Morgan fingerprint density at radius 1 is 1.19 bits per heavy atom. The molecule has 0 spiro atoms. The lowest BCUT2D eigenvalue weighted by Gasteiger charge is -2.20. The maximum atomic E-state index is 11.7. The molecule has 7 heteroatoms. The number of carbonyl (C=O) groups excluding carboxylic acids is 1. The van der Waals surface area contributed by atoms with E-state index in [9.17, 15) is 10.0 Å². The second kappa shape index (κ2) is 9.62. The number of aryl methyl sites for hydroxylation is 2. The number of hydrogen-bond acceptors (Lipinski definition) is 5. The summed E-state index contributed by atoms with van der Waals surface area (Å²) in [6.07, 6.45) is 0.0369. The molecule has 0 fully saturated rings. The first kappa shape index (κ1) is 21.1. The number of carbonyl (C=O) groups is 1. The van der Waals surface area contributed by atoms with E-state index in [-0.39, 0.29) is 12.3 Å². The number of anilines is 1. The van der Waals surface area contributed by atoms with Gasteiger partial charge in [-0.15, -0.1) is 0 Å². The quantitative estimate of drug-likeness (QED) is 0.472. The van der Waals surface area contributed by atoms with E-state index in [1.807, 2.05) is 26.0 Å². The largest absolute Gasteiger partial charge is 0.493 e. The fourth-order valence-electron chi connectivity index (χ4n) is 2.71. The third kappa shape index (κ3) is 4.93. The lowest BCUT2D eigenvalue weighted by atomic mass is 10.1. The molecule has 0 aromatic heterocycles. The highest BCUT2D eigenvalue weighted by Crippen LogP contribution is 2.34. The standard InChI is InChI=1S/C20H24BrNO5/c1-5-14-11-16(21)19(10-13(14)3)27-12-15-17(22(24)20(23)25-4)8-7-9-18(15)26-6-2/h7-11,24H,5-6,12H2,1-4H3. The van der Waals surface area contributed by atoms with E-state index < -0.39 is 6.09 Å². The van der Waals surface area contributed by atoms with Crippen LogP contribution in [-0.4, -0.2) is 25.0 Å². The topological polar surface area (TPSA) is 68.2 Å². The second-order valence-corrected chi connectivity index (χ2v) is 6.67. The van der Waals surface area contributed by atoms with Crippen molar-refractivity contribution >= 4 is 27.7 Å². The molecular formula is C20H24BrNO5. The van der Waals surface area contributed by atoms with Gasteiger partial charge in [0.1, 0.15) is 18.1 Å². The fraction of sp³-hybridized carbons (Fsp3) is 0.350. The molecular weight excluding hydrogens is 414 g/mol. The van der Waals surface area contributed by atoms with Gasteiger partial charge in [-0.2, -0.15) is 5.06 Å². The molecule has 2 rings (SSSR count). The molecule has 0 saturated heterocycles. The minimum Gasteiger partial charge on any atom is -0.493 e. The lowest BCUT2D eigenvalue weighted by molar-refractivity contribution is 0.140. The zero-order valence-electron chi connectivity index (χ0n) is 15.9. The fourth-order valence-corrected chi connectivity index (χ4v) is 3.22. The molecule has 0 heterocycles. The SMILES string of the molecule is CCOc1cccc(N(O)C(=O)OC)c1COc1cc(C)c(CC)cc1Br. The number of nitrogens with zero attached hydrogens (tertiary/aromatic N) is 1. The number of rotatable bonds is 7. The van der Waals surface area contributed by atoms with E-state index in [0.717, 1.165) is 16.5 Å². The molecule has 2 aromatic rings. The van der Waals surface area contributed by atoms with Crippen LogP contribution in [0.3, 0.4) is 0 Å². The average Bonchev–Trinajstić information content (AvgIpc) is 2.67. The minimum absolute atomic E-state index is 0.100. The van der Waals surface area contributed by atoms with Crippen LogP contribution >= 0.6 is 15.9 Å². The van der Waals surface area contributed by atoms with Gasteiger partial charge in [-0.1, -0.05) is 13.0 Å². The Bertz CT molecular complexity index is 809. The molecule has 0 aliphatic rings. The summed E-state index contributed by atoms with van der Waals surface area (Å²) >= 11 is 3.54. The van der Waals surface area contributed by atoms with Crippen LogP contribution in [0.15, 0.2) is 34.8 Å². The highest BCUT2D eigenvalue weighted by molar-refractivity contribution is 9.10. The van der Waals surface area contributed by atoms with Gasteiger partial charge in [0.15, 0.2) is 0 Å². The number of benzene rings is 2. The van der Waals surface area contributed by atoms with Gasteiger partial charge in [0.05, 0.1) is 29.4 Å². The van der Waals surface area contributed by atoms with Crippen molar-refractivity contribution in [3.63, 3.8) is 0 Å². The first-order valence-electron chi connectivity index (χ1n) is 8.66. The van der Waals surface area contributed by atoms with E-state index in [0.29, 0.717) is 28.7 Å². The molecule has 0 aliphatic heterocycles. The van der Waals surface area contributed by atoms with Crippen LogP contribution in [0, 0.1) is 6.92 Å². The van der Waals surface area contributed by atoms with Crippen molar-refractivity contribution < 1.29 is 24.2 Å². The smallest absolute Gasteiger partial charge is 0.438 e. The van der Waals surface area contributed by atoms with E-state index in [1.165, 1.54) is 12.7 Å². The van der Waals surface area contributed by atoms with Crippen molar-refractivity contribution in [3.8, 4) is 11.5 Å². The van der Waals surface area contributed by atoms with Crippen LogP contribution in [0.2, 0.25) is 0 Å². The van der Waals surface area contributed by atoms with E-state index in [1.54, 1.807) is 18.2 Å². The first-order chi connectivity index (χ1) is 12.9. The van der Waals surface area contributed by atoms with E-state index >= 15 is 0 Å². The summed E-state index contributed by atoms with van der Waals surface area (Å²) in [5.74, 6) is 1.19. The number of methoxy groups -OCH3 is 1. The van der Waals surface area contributed by atoms with E-state index in [2.05, 4.69) is 27.6 Å². The van der Waals surface area contributed by atoms with Crippen molar-refractivity contribution in [1.29, 1.82) is 0 Å². The Kier molecular flexibility index (Phi) is 7.50. The highest BCUT2D eigenvalue weighted by Gasteiger charge is 2.21. The predicted octanol–water partition coefficient (Wildman–Crippen LogP) is 5.26. The Morgan fingerprint density at radius 2 is 1.93 bits per heavy atom. The number of hydroxylamine groups is 1. The highest BCUT2D eigenvalue weighted by atomic mass is 79.9. The van der Waals surface area contributed by atoms with Gasteiger partial charge in [0, 0.05) is 0 Å². The van der Waals surface area contributed by atoms with Gasteiger partial charge in [-0.3, -0.25) is 5.21 Å². The molecule has 0 saturated carbocycles. The summed E-state index contributed by atoms with van der Waals surface area (Å²) in [5, 5.41) is 10.6. The average molecular weight is 438 g/mol. The Hall–Kier alpha value is -2.25. The number of halogens is 1.